The lowest BCUT2D eigenvalue weighted by Gasteiger charge is -2.12. The molecule has 0 aliphatic carbocycles. The SMILES string of the molecule is O=C(OCC(=O)c1c(-c2ccccc2)[nH]c2ccccc12)c1ccc(CN2C(=O)CNC2=O)cc1. The molecule has 8 nitrogen and oxygen atoms in total. The quantitative estimate of drug-likeness (QED) is 0.243. The summed E-state index contributed by atoms with van der Waals surface area (Å²) in [6, 6.07) is 22.9. The van der Waals surface area contributed by atoms with E-state index >= 15 is 0 Å². The van der Waals surface area contributed by atoms with Crippen LogP contribution in [0.1, 0.15) is 26.3 Å². The summed E-state index contributed by atoms with van der Waals surface area (Å²) in [5, 5.41) is 3.22. The van der Waals surface area contributed by atoms with Crippen LogP contribution in [0.25, 0.3) is 22.2 Å². The zero-order valence-electron chi connectivity index (χ0n) is 18.6. The fourth-order valence-electron chi connectivity index (χ4n) is 4.08. The predicted octanol–water partition coefficient (Wildman–Crippen LogP) is 3.93. The van der Waals surface area contributed by atoms with Crippen molar-refractivity contribution in [3.05, 3.63) is 95.6 Å². The van der Waals surface area contributed by atoms with Crippen molar-refractivity contribution in [2.75, 3.05) is 13.2 Å². The number of ketones is 1. The maximum Gasteiger partial charge on any atom is 0.338 e. The minimum absolute atomic E-state index is 0.0142. The normalized spacial score (nSPS) is 13.2. The molecule has 1 fully saturated rings. The Bertz CT molecular complexity index is 1420. The highest BCUT2D eigenvalue weighted by Crippen LogP contribution is 2.30. The fourth-order valence-corrected chi connectivity index (χ4v) is 4.08. The second-order valence-corrected chi connectivity index (χ2v) is 8.12. The van der Waals surface area contributed by atoms with Crippen LogP contribution in [0.4, 0.5) is 4.79 Å². The predicted molar refractivity (Wildman–Crippen MR) is 129 cm³/mol. The Morgan fingerprint density at radius 1 is 0.886 bits per heavy atom. The number of para-hydroxylation sites is 1. The lowest BCUT2D eigenvalue weighted by atomic mass is 10.0. The van der Waals surface area contributed by atoms with E-state index in [1.54, 1.807) is 24.3 Å². The van der Waals surface area contributed by atoms with Crippen molar-refractivity contribution in [3.8, 4) is 11.3 Å². The van der Waals surface area contributed by atoms with Gasteiger partial charge in [0, 0.05) is 10.9 Å². The number of aromatic nitrogens is 1. The molecule has 0 bridgehead atoms. The molecule has 3 aromatic carbocycles. The highest BCUT2D eigenvalue weighted by atomic mass is 16.5. The van der Waals surface area contributed by atoms with Crippen molar-refractivity contribution in [1.82, 2.24) is 15.2 Å². The molecule has 3 amide bonds. The summed E-state index contributed by atoms with van der Waals surface area (Å²) >= 11 is 0. The van der Waals surface area contributed by atoms with Gasteiger partial charge in [-0.05, 0) is 29.3 Å². The minimum atomic E-state index is -0.638. The lowest BCUT2D eigenvalue weighted by Crippen LogP contribution is -2.30. The van der Waals surface area contributed by atoms with Crippen molar-refractivity contribution in [3.63, 3.8) is 0 Å². The van der Waals surface area contributed by atoms with Crippen molar-refractivity contribution in [2.45, 2.75) is 6.54 Å². The van der Waals surface area contributed by atoms with Crippen molar-refractivity contribution >= 4 is 34.6 Å². The average molecular weight is 467 g/mol. The first kappa shape index (κ1) is 22.1. The number of amides is 3. The number of benzene rings is 3. The average Bonchev–Trinajstić information content (AvgIpc) is 3.43. The number of ether oxygens (including phenoxy) is 1. The fraction of sp³-hybridized carbons (Fsp3) is 0.111. The number of imide groups is 1. The Hall–Kier alpha value is -4.72. The Morgan fingerprint density at radius 2 is 1.60 bits per heavy atom. The topological polar surface area (TPSA) is 109 Å². The van der Waals surface area contributed by atoms with Crippen LogP contribution in [0.2, 0.25) is 0 Å². The van der Waals surface area contributed by atoms with E-state index in [0.717, 1.165) is 21.4 Å². The molecule has 8 heteroatoms. The van der Waals surface area contributed by atoms with Gasteiger partial charge in [-0.25, -0.2) is 9.59 Å². The molecule has 0 saturated carbocycles. The molecule has 0 spiro atoms. The molecule has 4 aromatic rings. The lowest BCUT2D eigenvalue weighted by molar-refractivity contribution is -0.125. The third-order valence-corrected chi connectivity index (χ3v) is 5.85. The number of hydrogen-bond donors (Lipinski definition) is 2. The first-order chi connectivity index (χ1) is 17.0. The molecule has 174 valence electrons. The van der Waals surface area contributed by atoms with E-state index in [1.165, 1.54) is 0 Å². The van der Waals surface area contributed by atoms with E-state index in [9.17, 15) is 19.2 Å². The van der Waals surface area contributed by atoms with Gasteiger partial charge in [0.05, 0.1) is 29.9 Å². The van der Waals surface area contributed by atoms with E-state index < -0.39 is 18.6 Å². The third kappa shape index (κ3) is 4.41. The molecular weight excluding hydrogens is 446 g/mol. The molecule has 1 aliphatic heterocycles. The summed E-state index contributed by atoms with van der Waals surface area (Å²) in [5.41, 5.74) is 3.79. The first-order valence-electron chi connectivity index (χ1n) is 11.0. The summed E-state index contributed by atoms with van der Waals surface area (Å²) in [7, 11) is 0. The van der Waals surface area contributed by atoms with Crippen LogP contribution in [-0.2, 0) is 16.1 Å². The number of carbonyl (C=O) groups excluding carboxylic acids is 4. The zero-order chi connectivity index (χ0) is 24.4. The number of nitrogens with zero attached hydrogens (tertiary/aromatic N) is 1. The highest BCUT2D eigenvalue weighted by Gasteiger charge is 2.28. The Kier molecular flexibility index (Phi) is 5.85. The third-order valence-electron chi connectivity index (χ3n) is 5.85. The van der Waals surface area contributed by atoms with Gasteiger partial charge in [0.2, 0.25) is 11.7 Å². The van der Waals surface area contributed by atoms with Gasteiger partial charge in [-0.3, -0.25) is 14.5 Å². The molecule has 0 unspecified atom stereocenters. The molecule has 35 heavy (non-hydrogen) atoms. The highest BCUT2D eigenvalue weighted by molar-refractivity contribution is 6.14. The van der Waals surface area contributed by atoms with Gasteiger partial charge in [0.1, 0.15) is 0 Å². The minimum Gasteiger partial charge on any atom is -0.454 e. The smallest absolute Gasteiger partial charge is 0.338 e. The molecule has 5 rings (SSSR count). The molecule has 0 atom stereocenters. The molecule has 1 aromatic heterocycles. The Balaban J connectivity index is 1.30. The van der Waals surface area contributed by atoms with Crippen LogP contribution in [0.3, 0.4) is 0 Å². The van der Waals surface area contributed by atoms with Crippen molar-refractivity contribution in [2.24, 2.45) is 0 Å². The number of urea groups is 1. The monoisotopic (exact) mass is 467 g/mol. The summed E-state index contributed by atoms with van der Waals surface area (Å²) in [4.78, 5) is 53.6. The van der Waals surface area contributed by atoms with Crippen molar-refractivity contribution in [1.29, 1.82) is 0 Å². The van der Waals surface area contributed by atoms with E-state index in [-0.39, 0.29) is 30.3 Å². The van der Waals surface area contributed by atoms with Gasteiger partial charge in [-0.2, -0.15) is 0 Å². The van der Waals surface area contributed by atoms with Gasteiger partial charge in [-0.15, -0.1) is 0 Å². The van der Waals surface area contributed by atoms with Crippen LogP contribution in [0.15, 0.2) is 78.9 Å². The number of fused-ring (bicyclic) bond motifs is 1. The van der Waals surface area contributed by atoms with Gasteiger partial charge in [0.25, 0.3) is 0 Å². The number of carbonyl (C=O) groups is 4. The van der Waals surface area contributed by atoms with Crippen LogP contribution in [0.5, 0.6) is 0 Å². The zero-order valence-corrected chi connectivity index (χ0v) is 18.6. The van der Waals surface area contributed by atoms with Gasteiger partial charge in [-0.1, -0.05) is 60.7 Å². The van der Waals surface area contributed by atoms with E-state index in [4.69, 9.17) is 4.74 Å². The van der Waals surface area contributed by atoms with Crippen LogP contribution in [-0.4, -0.2) is 46.7 Å². The summed E-state index contributed by atoms with van der Waals surface area (Å²) in [5.74, 6) is -1.25. The molecular formula is C27H21N3O5. The number of aromatic amines is 1. The van der Waals surface area contributed by atoms with E-state index in [1.807, 2.05) is 54.6 Å². The molecule has 0 radical (unpaired) electrons. The second-order valence-electron chi connectivity index (χ2n) is 8.12. The number of esters is 1. The summed E-state index contributed by atoms with van der Waals surface area (Å²) in [6.45, 7) is -0.314. The standard InChI is InChI=1S/C27H21N3O5/c31-22(24-20-8-4-5-9-21(20)29-25(24)18-6-2-1-3-7-18)16-35-26(33)19-12-10-17(11-13-19)15-30-23(32)14-28-27(30)34/h1-13,29H,14-16H2,(H,28,34). The van der Waals surface area contributed by atoms with Crippen molar-refractivity contribution < 1.29 is 23.9 Å². The van der Waals surface area contributed by atoms with Crippen LogP contribution in [0, 0.1) is 0 Å². The summed E-state index contributed by atoms with van der Waals surface area (Å²) < 4.78 is 5.33. The number of H-pyrrole nitrogens is 1. The maximum absolute atomic E-state index is 13.2. The first-order valence-corrected chi connectivity index (χ1v) is 11.0. The number of nitrogens with one attached hydrogen (secondary N) is 2. The maximum atomic E-state index is 13.2. The van der Waals surface area contributed by atoms with Gasteiger partial charge in [0.15, 0.2) is 6.61 Å². The number of rotatable bonds is 7. The Morgan fingerprint density at radius 3 is 2.31 bits per heavy atom. The van der Waals surface area contributed by atoms with E-state index in [2.05, 4.69) is 10.3 Å². The molecule has 2 N–H and O–H groups in total. The second kappa shape index (κ2) is 9.26. The number of Topliss-reactive ketones (excluding diaryl/α,β-unsaturated/α-hetero) is 1. The number of hydrogen-bond acceptors (Lipinski definition) is 5. The van der Waals surface area contributed by atoms with Crippen LogP contribution < -0.4 is 5.32 Å². The molecule has 1 saturated heterocycles. The van der Waals surface area contributed by atoms with Crippen LogP contribution >= 0.6 is 0 Å². The molecule has 1 aliphatic rings. The van der Waals surface area contributed by atoms with Gasteiger partial charge < -0.3 is 15.0 Å². The molecule has 2 heterocycles. The van der Waals surface area contributed by atoms with Gasteiger partial charge >= 0.3 is 12.0 Å². The largest absolute Gasteiger partial charge is 0.454 e. The summed E-state index contributed by atoms with van der Waals surface area (Å²) in [6.07, 6.45) is 0. The van der Waals surface area contributed by atoms with E-state index in [0.29, 0.717) is 16.8 Å². The Labute approximate surface area is 200 Å².